The topological polar surface area (TPSA) is 58.6 Å². The van der Waals surface area contributed by atoms with Gasteiger partial charge < -0.3 is 15.0 Å². The van der Waals surface area contributed by atoms with Crippen molar-refractivity contribution >= 4 is 12.0 Å². The van der Waals surface area contributed by atoms with Crippen molar-refractivity contribution < 1.29 is 14.3 Å². The largest absolute Gasteiger partial charge is 0.444 e. The number of carbonyl (C=O) groups excluding carboxylic acids is 2. The van der Waals surface area contributed by atoms with E-state index < -0.39 is 11.7 Å². The number of hydrogen-bond acceptors (Lipinski definition) is 3. The van der Waals surface area contributed by atoms with Gasteiger partial charge in [-0.1, -0.05) is 12.1 Å². The number of likely N-dealkylation sites (tertiary alicyclic amines) is 1. The Balaban J connectivity index is 1.86. The molecule has 1 aliphatic heterocycles. The predicted molar refractivity (Wildman–Crippen MR) is 89.3 cm³/mol. The lowest BCUT2D eigenvalue weighted by molar-refractivity contribution is 0.0523. The van der Waals surface area contributed by atoms with E-state index in [1.54, 1.807) is 0 Å². The average molecular weight is 318 g/mol. The Hall–Kier alpha value is -2.04. The molecule has 0 saturated carbocycles. The SMILES string of the molecule is CC(C)(C)OC(=O)NCc1ccc(C(=O)N2CCCCC2)cc1. The van der Waals surface area contributed by atoms with Gasteiger partial charge >= 0.3 is 6.09 Å². The van der Waals surface area contributed by atoms with Crippen molar-refractivity contribution in [3.05, 3.63) is 35.4 Å². The number of ether oxygens (including phenoxy) is 1. The quantitative estimate of drug-likeness (QED) is 0.930. The fourth-order valence-electron chi connectivity index (χ4n) is 2.53. The van der Waals surface area contributed by atoms with Gasteiger partial charge in [-0.25, -0.2) is 4.79 Å². The molecule has 1 fully saturated rings. The minimum Gasteiger partial charge on any atom is -0.444 e. The maximum Gasteiger partial charge on any atom is 0.407 e. The summed E-state index contributed by atoms with van der Waals surface area (Å²) in [7, 11) is 0. The van der Waals surface area contributed by atoms with Gasteiger partial charge in [0.25, 0.3) is 5.91 Å². The van der Waals surface area contributed by atoms with E-state index in [2.05, 4.69) is 5.32 Å². The molecule has 23 heavy (non-hydrogen) atoms. The van der Waals surface area contributed by atoms with E-state index in [1.165, 1.54) is 6.42 Å². The van der Waals surface area contributed by atoms with E-state index in [9.17, 15) is 9.59 Å². The van der Waals surface area contributed by atoms with Crippen LogP contribution >= 0.6 is 0 Å². The smallest absolute Gasteiger partial charge is 0.407 e. The van der Waals surface area contributed by atoms with Crippen LogP contribution in [0.25, 0.3) is 0 Å². The molecule has 1 aliphatic rings. The molecule has 126 valence electrons. The highest BCUT2D eigenvalue weighted by Gasteiger charge is 2.18. The van der Waals surface area contributed by atoms with Crippen LogP contribution in [-0.2, 0) is 11.3 Å². The monoisotopic (exact) mass is 318 g/mol. The van der Waals surface area contributed by atoms with Gasteiger partial charge in [0.2, 0.25) is 0 Å². The third-order valence-electron chi connectivity index (χ3n) is 3.68. The Morgan fingerprint density at radius 1 is 1.09 bits per heavy atom. The summed E-state index contributed by atoms with van der Waals surface area (Å²) in [5.41, 5.74) is 1.13. The summed E-state index contributed by atoms with van der Waals surface area (Å²) in [5, 5.41) is 2.71. The molecule has 0 bridgehead atoms. The second-order valence-electron chi connectivity index (χ2n) is 6.91. The Labute approximate surface area is 138 Å². The van der Waals surface area contributed by atoms with Gasteiger partial charge in [0, 0.05) is 25.2 Å². The highest BCUT2D eigenvalue weighted by atomic mass is 16.6. The second kappa shape index (κ2) is 7.49. The van der Waals surface area contributed by atoms with Gasteiger partial charge in [-0.2, -0.15) is 0 Å². The third kappa shape index (κ3) is 5.58. The minimum absolute atomic E-state index is 0.0938. The van der Waals surface area contributed by atoms with Crippen LogP contribution < -0.4 is 5.32 Å². The standard InChI is InChI=1S/C18H26N2O3/c1-18(2,3)23-17(22)19-13-14-7-9-15(10-8-14)16(21)20-11-5-4-6-12-20/h7-10H,4-6,11-13H2,1-3H3,(H,19,22). The van der Waals surface area contributed by atoms with Crippen molar-refractivity contribution in [3.63, 3.8) is 0 Å². The van der Waals surface area contributed by atoms with E-state index in [1.807, 2.05) is 49.9 Å². The number of rotatable bonds is 3. The number of hydrogen-bond donors (Lipinski definition) is 1. The van der Waals surface area contributed by atoms with E-state index in [0.29, 0.717) is 12.1 Å². The average Bonchev–Trinajstić information content (AvgIpc) is 2.52. The minimum atomic E-state index is -0.505. The maximum absolute atomic E-state index is 12.4. The zero-order valence-corrected chi connectivity index (χ0v) is 14.2. The van der Waals surface area contributed by atoms with Gasteiger partial charge in [0.15, 0.2) is 0 Å². The highest BCUT2D eigenvalue weighted by Crippen LogP contribution is 2.14. The normalized spacial score (nSPS) is 15.2. The Morgan fingerprint density at radius 3 is 2.26 bits per heavy atom. The first-order valence-corrected chi connectivity index (χ1v) is 8.20. The van der Waals surface area contributed by atoms with Crippen molar-refractivity contribution in [2.75, 3.05) is 13.1 Å². The summed E-state index contributed by atoms with van der Waals surface area (Å²) >= 11 is 0. The van der Waals surface area contributed by atoms with Crippen LogP contribution in [0.1, 0.15) is 56.0 Å². The summed E-state index contributed by atoms with van der Waals surface area (Å²) in [5.74, 6) is 0.0938. The fraction of sp³-hybridized carbons (Fsp3) is 0.556. The fourth-order valence-corrected chi connectivity index (χ4v) is 2.53. The summed E-state index contributed by atoms with van der Waals surface area (Å²) in [6.07, 6.45) is 2.94. The Kier molecular flexibility index (Phi) is 5.64. The zero-order valence-electron chi connectivity index (χ0n) is 14.2. The van der Waals surface area contributed by atoms with Crippen LogP contribution in [0.3, 0.4) is 0 Å². The van der Waals surface area contributed by atoms with Crippen molar-refractivity contribution in [3.8, 4) is 0 Å². The molecular formula is C18H26N2O3. The van der Waals surface area contributed by atoms with Gasteiger partial charge in [-0.05, 0) is 57.7 Å². The molecule has 0 radical (unpaired) electrons. The Bertz CT molecular complexity index is 540. The molecule has 2 rings (SSSR count). The van der Waals surface area contributed by atoms with Gasteiger partial charge in [-0.15, -0.1) is 0 Å². The highest BCUT2D eigenvalue weighted by molar-refractivity contribution is 5.94. The lowest BCUT2D eigenvalue weighted by atomic mass is 10.1. The number of alkyl carbamates (subject to hydrolysis) is 1. The summed E-state index contributed by atoms with van der Waals surface area (Å²) < 4.78 is 5.19. The molecule has 1 aromatic rings. The first-order chi connectivity index (χ1) is 10.8. The van der Waals surface area contributed by atoms with Crippen molar-refractivity contribution in [1.82, 2.24) is 10.2 Å². The molecule has 2 amide bonds. The van der Waals surface area contributed by atoms with Crippen molar-refractivity contribution in [2.24, 2.45) is 0 Å². The van der Waals surface area contributed by atoms with Crippen LogP contribution in [0, 0.1) is 0 Å². The number of piperidine rings is 1. The van der Waals surface area contributed by atoms with E-state index >= 15 is 0 Å². The number of carbonyl (C=O) groups is 2. The Morgan fingerprint density at radius 2 is 1.70 bits per heavy atom. The van der Waals surface area contributed by atoms with E-state index in [4.69, 9.17) is 4.74 Å². The number of benzene rings is 1. The van der Waals surface area contributed by atoms with Crippen LogP contribution in [-0.4, -0.2) is 35.6 Å². The molecule has 1 heterocycles. The van der Waals surface area contributed by atoms with Crippen molar-refractivity contribution in [1.29, 1.82) is 0 Å². The molecule has 1 N–H and O–H groups in total. The number of amides is 2. The molecule has 0 aliphatic carbocycles. The van der Waals surface area contributed by atoms with E-state index in [0.717, 1.165) is 31.5 Å². The molecule has 1 saturated heterocycles. The van der Waals surface area contributed by atoms with Crippen LogP contribution in [0.15, 0.2) is 24.3 Å². The number of nitrogens with zero attached hydrogens (tertiary/aromatic N) is 1. The van der Waals surface area contributed by atoms with Gasteiger partial charge in [-0.3, -0.25) is 4.79 Å². The molecule has 5 nitrogen and oxygen atoms in total. The zero-order chi connectivity index (χ0) is 16.9. The molecular weight excluding hydrogens is 292 g/mol. The van der Waals surface area contributed by atoms with Gasteiger partial charge in [0.1, 0.15) is 5.60 Å². The number of nitrogens with one attached hydrogen (secondary N) is 1. The first kappa shape index (κ1) is 17.3. The van der Waals surface area contributed by atoms with E-state index in [-0.39, 0.29) is 5.91 Å². The summed E-state index contributed by atoms with van der Waals surface area (Å²) in [6.45, 7) is 7.56. The molecule has 0 spiro atoms. The molecule has 1 aromatic carbocycles. The van der Waals surface area contributed by atoms with Crippen LogP contribution in [0.4, 0.5) is 4.79 Å². The van der Waals surface area contributed by atoms with Crippen LogP contribution in [0.5, 0.6) is 0 Å². The molecule has 0 atom stereocenters. The molecule has 0 aromatic heterocycles. The van der Waals surface area contributed by atoms with Crippen LogP contribution in [0.2, 0.25) is 0 Å². The second-order valence-corrected chi connectivity index (χ2v) is 6.91. The third-order valence-corrected chi connectivity index (χ3v) is 3.68. The first-order valence-electron chi connectivity index (χ1n) is 8.20. The summed E-state index contributed by atoms with van der Waals surface area (Å²) in [4.78, 5) is 25.9. The van der Waals surface area contributed by atoms with Crippen molar-refractivity contribution in [2.45, 2.75) is 52.2 Å². The predicted octanol–water partition coefficient (Wildman–Crippen LogP) is 3.34. The van der Waals surface area contributed by atoms with Gasteiger partial charge in [0.05, 0.1) is 0 Å². The lowest BCUT2D eigenvalue weighted by Crippen LogP contribution is -2.35. The summed E-state index contributed by atoms with van der Waals surface area (Å²) in [6, 6.07) is 7.38. The lowest BCUT2D eigenvalue weighted by Gasteiger charge is -2.26. The maximum atomic E-state index is 12.4. The molecule has 0 unspecified atom stereocenters. The molecule has 5 heteroatoms.